The van der Waals surface area contributed by atoms with Gasteiger partial charge in [-0.25, -0.2) is 0 Å². The molecule has 98 valence electrons. The Morgan fingerprint density at radius 3 is 2.21 bits per heavy atom. The van der Waals surface area contributed by atoms with Crippen LogP contribution < -0.4 is 5.01 Å². The second kappa shape index (κ2) is 5.57. The zero-order valence-corrected chi connectivity index (χ0v) is 11.5. The number of rotatable bonds is 3. The van der Waals surface area contributed by atoms with Crippen molar-refractivity contribution in [3.05, 3.63) is 59.2 Å². The van der Waals surface area contributed by atoms with E-state index in [2.05, 4.69) is 5.10 Å². The minimum absolute atomic E-state index is 0.355. The van der Waals surface area contributed by atoms with Crippen LogP contribution in [-0.2, 0) is 0 Å². The van der Waals surface area contributed by atoms with E-state index in [0.717, 1.165) is 22.4 Å². The summed E-state index contributed by atoms with van der Waals surface area (Å²) in [6, 6.07) is 13.8. The average Bonchev–Trinajstić information content (AvgIpc) is 2.43. The molecule has 2 rings (SSSR count). The number of hydrogen-bond acceptors (Lipinski definition) is 3. The molecule has 3 nitrogen and oxygen atoms in total. The predicted octanol–water partition coefficient (Wildman–Crippen LogP) is 3.48. The van der Waals surface area contributed by atoms with Gasteiger partial charge in [0.25, 0.3) is 0 Å². The molecule has 0 aliphatic carbocycles. The number of nitrogens with zero attached hydrogens (tertiary/aromatic N) is 2. The van der Waals surface area contributed by atoms with Crippen LogP contribution in [0, 0.1) is 13.8 Å². The van der Waals surface area contributed by atoms with Gasteiger partial charge in [0, 0.05) is 7.05 Å². The molecule has 19 heavy (non-hydrogen) atoms. The standard InChI is InChI=1S/C16H18N2O/c1-12-9-14(10-13(2)16(12)19)11-17-18(3)15-7-5-4-6-8-15/h4-11,19H,1-3H3/b17-11+. The molecular weight excluding hydrogens is 236 g/mol. The number of benzene rings is 2. The van der Waals surface area contributed by atoms with Crippen molar-refractivity contribution >= 4 is 11.9 Å². The van der Waals surface area contributed by atoms with Gasteiger partial charge in [-0.3, -0.25) is 5.01 Å². The number of aromatic hydroxyl groups is 1. The van der Waals surface area contributed by atoms with Gasteiger partial charge in [0.2, 0.25) is 0 Å². The van der Waals surface area contributed by atoms with Gasteiger partial charge in [-0.05, 0) is 54.8 Å². The SMILES string of the molecule is Cc1cc(/C=N/N(C)c2ccccc2)cc(C)c1O. The Morgan fingerprint density at radius 1 is 1.05 bits per heavy atom. The summed E-state index contributed by atoms with van der Waals surface area (Å²) < 4.78 is 0. The molecule has 0 spiro atoms. The zero-order valence-electron chi connectivity index (χ0n) is 11.5. The van der Waals surface area contributed by atoms with Gasteiger partial charge in [0.1, 0.15) is 5.75 Å². The van der Waals surface area contributed by atoms with Gasteiger partial charge in [0.15, 0.2) is 0 Å². The van der Waals surface area contributed by atoms with Crippen molar-refractivity contribution in [3.8, 4) is 5.75 Å². The fourth-order valence-electron chi connectivity index (χ4n) is 1.93. The fraction of sp³-hybridized carbons (Fsp3) is 0.188. The molecule has 0 saturated heterocycles. The van der Waals surface area contributed by atoms with E-state index in [1.165, 1.54) is 0 Å². The van der Waals surface area contributed by atoms with Crippen LogP contribution in [0.25, 0.3) is 0 Å². The predicted molar refractivity (Wildman–Crippen MR) is 80.0 cm³/mol. The molecule has 0 heterocycles. The summed E-state index contributed by atoms with van der Waals surface area (Å²) in [5, 5.41) is 16.0. The molecule has 2 aromatic rings. The third-order valence-electron chi connectivity index (χ3n) is 3.02. The summed E-state index contributed by atoms with van der Waals surface area (Å²) in [6.45, 7) is 3.78. The minimum Gasteiger partial charge on any atom is -0.507 e. The largest absolute Gasteiger partial charge is 0.507 e. The van der Waals surface area contributed by atoms with Gasteiger partial charge in [-0.2, -0.15) is 5.10 Å². The Labute approximate surface area is 113 Å². The van der Waals surface area contributed by atoms with Crippen LogP contribution in [0.5, 0.6) is 5.75 Å². The molecule has 0 fully saturated rings. The molecular formula is C16H18N2O. The summed E-state index contributed by atoms with van der Waals surface area (Å²) in [5.41, 5.74) is 3.74. The molecule has 0 radical (unpaired) electrons. The van der Waals surface area contributed by atoms with Crippen molar-refractivity contribution in [3.63, 3.8) is 0 Å². The Morgan fingerprint density at radius 2 is 1.63 bits per heavy atom. The highest BCUT2D eigenvalue weighted by Crippen LogP contribution is 2.22. The van der Waals surface area contributed by atoms with E-state index in [1.807, 2.05) is 68.4 Å². The molecule has 0 amide bonds. The van der Waals surface area contributed by atoms with E-state index >= 15 is 0 Å². The monoisotopic (exact) mass is 254 g/mol. The van der Waals surface area contributed by atoms with Crippen LogP contribution in [0.2, 0.25) is 0 Å². The maximum atomic E-state index is 9.73. The molecule has 0 saturated carbocycles. The molecule has 1 N–H and O–H groups in total. The van der Waals surface area contributed by atoms with Crippen molar-refractivity contribution in [1.82, 2.24) is 0 Å². The maximum absolute atomic E-state index is 9.73. The minimum atomic E-state index is 0.355. The van der Waals surface area contributed by atoms with E-state index in [-0.39, 0.29) is 0 Å². The second-order valence-corrected chi connectivity index (χ2v) is 4.61. The van der Waals surface area contributed by atoms with Crippen molar-refractivity contribution in [1.29, 1.82) is 0 Å². The molecule has 3 heteroatoms. The van der Waals surface area contributed by atoms with Crippen LogP contribution in [0.15, 0.2) is 47.6 Å². The molecule has 2 aromatic carbocycles. The van der Waals surface area contributed by atoms with Gasteiger partial charge in [-0.1, -0.05) is 18.2 Å². The van der Waals surface area contributed by atoms with E-state index in [4.69, 9.17) is 0 Å². The normalized spacial score (nSPS) is 10.9. The van der Waals surface area contributed by atoms with E-state index in [9.17, 15) is 5.11 Å². The topological polar surface area (TPSA) is 35.8 Å². The quantitative estimate of drug-likeness (QED) is 0.672. The molecule has 0 unspecified atom stereocenters. The maximum Gasteiger partial charge on any atom is 0.121 e. The Kier molecular flexibility index (Phi) is 3.85. The lowest BCUT2D eigenvalue weighted by atomic mass is 10.1. The Bertz CT molecular complexity index is 568. The van der Waals surface area contributed by atoms with Crippen LogP contribution >= 0.6 is 0 Å². The average molecular weight is 254 g/mol. The molecule has 0 bridgehead atoms. The summed E-state index contributed by atoms with van der Waals surface area (Å²) in [6.07, 6.45) is 1.80. The van der Waals surface area contributed by atoms with Crippen molar-refractivity contribution in [2.75, 3.05) is 12.1 Å². The lowest BCUT2D eigenvalue weighted by Gasteiger charge is -2.12. The number of phenols is 1. The van der Waals surface area contributed by atoms with Crippen LogP contribution in [0.3, 0.4) is 0 Å². The molecule has 0 aliphatic heterocycles. The number of anilines is 1. The number of para-hydroxylation sites is 1. The Hall–Kier alpha value is -2.29. The van der Waals surface area contributed by atoms with Gasteiger partial charge in [-0.15, -0.1) is 0 Å². The van der Waals surface area contributed by atoms with Crippen LogP contribution in [0.1, 0.15) is 16.7 Å². The van der Waals surface area contributed by atoms with Gasteiger partial charge < -0.3 is 5.11 Å². The van der Waals surface area contributed by atoms with Crippen molar-refractivity contribution in [2.24, 2.45) is 5.10 Å². The van der Waals surface area contributed by atoms with Crippen molar-refractivity contribution in [2.45, 2.75) is 13.8 Å². The lowest BCUT2D eigenvalue weighted by molar-refractivity contribution is 0.467. The molecule has 0 aromatic heterocycles. The number of aryl methyl sites for hydroxylation is 2. The van der Waals surface area contributed by atoms with E-state index < -0.39 is 0 Å². The highest BCUT2D eigenvalue weighted by atomic mass is 16.3. The first kappa shape index (κ1) is 13.1. The first-order valence-electron chi connectivity index (χ1n) is 6.21. The third-order valence-corrected chi connectivity index (χ3v) is 3.02. The highest BCUT2D eigenvalue weighted by molar-refractivity contribution is 5.81. The zero-order chi connectivity index (χ0) is 13.8. The summed E-state index contributed by atoms with van der Waals surface area (Å²) in [7, 11) is 1.91. The van der Waals surface area contributed by atoms with Gasteiger partial charge in [0.05, 0.1) is 11.9 Å². The number of hydrazone groups is 1. The summed E-state index contributed by atoms with van der Waals surface area (Å²) >= 11 is 0. The second-order valence-electron chi connectivity index (χ2n) is 4.61. The number of hydrogen-bond donors (Lipinski definition) is 1. The summed E-state index contributed by atoms with van der Waals surface area (Å²) in [5.74, 6) is 0.355. The third kappa shape index (κ3) is 3.13. The fourth-order valence-corrected chi connectivity index (χ4v) is 1.93. The first-order chi connectivity index (χ1) is 9.08. The summed E-state index contributed by atoms with van der Waals surface area (Å²) in [4.78, 5) is 0. The molecule has 0 atom stereocenters. The van der Waals surface area contributed by atoms with E-state index in [1.54, 1.807) is 6.21 Å². The highest BCUT2D eigenvalue weighted by Gasteiger charge is 2.02. The van der Waals surface area contributed by atoms with Gasteiger partial charge >= 0.3 is 0 Å². The van der Waals surface area contributed by atoms with Crippen molar-refractivity contribution < 1.29 is 5.11 Å². The lowest BCUT2D eigenvalue weighted by Crippen LogP contribution is -2.08. The number of phenolic OH excluding ortho intramolecular Hbond substituents is 1. The smallest absolute Gasteiger partial charge is 0.121 e. The van der Waals surface area contributed by atoms with Crippen LogP contribution in [-0.4, -0.2) is 18.4 Å². The molecule has 0 aliphatic rings. The van der Waals surface area contributed by atoms with Crippen LogP contribution in [0.4, 0.5) is 5.69 Å². The van der Waals surface area contributed by atoms with E-state index in [0.29, 0.717) is 5.75 Å². The Balaban J connectivity index is 2.19. The first-order valence-corrected chi connectivity index (χ1v) is 6.21.